The van der Waals surface area contributed by atoms with Crippen LogP contribution in [0.1, 0.15) is 393 Å². The molecule has 0 aliphatic heterocycles. The number of allylic oxidation sites excluding steroid dienone is 4. The van der Waals surface area contributed by atoms with E-state index in [0.29, 0.717) is 19.3 Å². The molecule has 454 valence electrons. The molecule has 0 spiro atoms. The molecule has 0 heterocycles. The van der Waals surface area contributed by atoms with E-state index in [1.807, 2.05) is 0 Å². The van der Waals surface area contributed by atoms with Gasteiger partial charge in [0, 0.05) is 19.3 Å². The first-order valence-electron chi connectivity index (χ1n) is 34.8. The first-order valence-corrected chi connectivity index (χ1v) is 34.8. The number of rotatable bonds is 65. The van der Waals surface area contributed by atoms with Gasteiger partial charge in [-0.1, -0.05) is 334 Å². The topological polar surface area (TPSA) is 78.9 Å². The average molecular weight is 1080 g/mol. The molecule has 1 unspecified atom stereocenters. The van der Waals surface area contributed by atoms with Gasteiger partial charge in [0.25, 0.3) is 0 Å². The Balaban J connectivity index is 4.12. The predicted octanol–water partition coefficient (Wildman–Crippen LogP) is 23.8. The summed E-state index contributed by atoms with van der Waals surface area (Å²) < 4.78 is 16.9. The van der Waals surface area contributed by atoms with Crippen LogP contribution in [-0.2, 0) is 28.6 Å². The molecule has 0 aromatic rings. The highest BCUT2D eigenvalue weighted by Crippen LogP contribution is 2.19. The van der Waals surface area contributed by atoms with E-state index in [1.165, 1.54) is 283 Å². The SMILES string of the molecule is CCC/C=C\CCCCCCCC(=O)OCC(COC(=O)CCCCCCCCCCCCCCCCC/C=C\CCCCCCCCCC)OC(=O)CCCCCCCCCCCCCCCCCCCCCCCC. The van der Waals surface area contributed by atoms with Crippen molar-refractivity contribution >= 4 is 17.9 Å². The number of unbranched alkanes of at least 4 members (excludes halogenated alkanes) is 50. The van der Waals surface area contributed by atoms with E-state index in [1.54, 1.807) is 0 Å². The molecule has 0 rings (SSSR count). The molecule has 0 aromatic heterocycles. The zero-order valence-corrected chi connectivity index (χ0v) is 52.3. The summed E-state index contributed by atoms with van der Waals surface area (Å²) in [5, 5.41) is 0. The van der Waals surface area contributed by atoms with Crippen molar-refractivity contribution in [3.05, 3.63) is 24.3 Å². The van der Waals surface area contributed by atoms with Crippen LogP contribution in [0.2, 0.25) is 0 Å². The van der Waals surface area contributed by atoms with E-state index >= 15 is 0 Å². The van der Waals surface area contributed by atoms with Crippen molar-refractivity contribution < 1.29 is 28.6 Å². The van der Waals surface area contributed by atoms with Crippen LogP contribution in [0.15, 0.2) is 24.3 Å². The van der Waals surface area contributed by atoms with E-state index < -0.39 is 6.10 Å². The summed E-state index contributed by atoms with van der Waals surface area (Å²) in [6, 6.07) is 0. The van der Waals surface area contributed by atoms with Gasteiger partial charge in [0.1, 0.15) is 13.2 Å². The van der Waals surface area contributed by atoms with E-state index in [2.05, 4.69) is 45.1 Å². The van der Waals surface area contributed by atoms with Crippen molar-refractivity contribution in [1.82, 2.24) is 0 Å². The molecule has 0 radical (unpaired) electrons. The number of esters is 3. The molecule has 0 saturated heterocycles. The van der Waals surface area contributed by atoms with Crippen LogP contribution in [0.4, 0.5) is 0 Å². The van der Waals surface area contributed by atoms with Gasteiger partial charge in [-0.15, -0.1) is 0 Å². The third-order valence-corrected chi connectivity index (χ3v) is 15.9. The molecule has 0 N–H and O–H groups in total. The van der Waals surface area contributed by atoms with Crippen LogP contribution in [0, 0.1) is 0 Å². The predicted molar refractivity (Wildman–Crippen MR) is 335 cm³/mol. The number of ether oxygens (including phenoxy) is 3. The normalized spacial score (nSPS) is 12.1. The Labute approximate surface area is 481 Å². The van der Waals surface area contributed by atoms with Crippen molar-refractivity contribution in [1.29, 1.82) is 0 Å². The molecule has 1 atom stereocenters. The lowest BCUT2D eigenvalue weighted by Crippen LogP contribution is -2.30. The Kier molecular flexibility index (Phi) is 64.6. The Hall–Kier alpha value is -2.11. The van der Waals surface area contributed by atoms with E-state index in [0.717, 1.165) is 70.6 Å². The number of hydrogen-bond donors (Lipinski definition) is 0. The first-order chi connectivity index (χ1) is 38.0. The van der Waals surface area contributed by atoms with Crippen LogP contribution in [0.5, 0.6) is 0 Å². The summed E-state index contributed by atoms with van der Waals surface area (Å²) in [5.41, 5.74) is 0. The Bertz CT molecular complexity index is 1240. The van der Waals surface area contributed by atoms with Gasteiger partial charge in [-0.05, 0) is 64.2 Å². The molecule has 0 saturated carbocycles. The third kappa shape index (κ3) is 64.6. The fourth-order valence-corrected chi connectivity index (χ4v) is 10.7. The minimum absolute atomic E-state index is 0.0682. The number of carbonyl (C=O) groups excluding carboxylic acids is 3. The lowest BCUT2D eigenvalue weighted by molar-refractivity contribution is -0.167. The number of hydrogen-bond acceptors (Lipinski definition) is 6. The van der Waals surface area contributed by atoms with E-state index in [-0.39, 0.29) is 31.1 Å². The molecule has 0 aromatic carbocycles. The van der Waals surface area contributed by atoms with Crippen molar-refractivity contribution in [2.45, 2.75) is 399 Å². The standard InChI is InChI=1S/C71H134O6/c1-4-7-10-13-16-19-22-24-26-28-30-32-34-35-36-37-38-40-41-43-45-47-49-52-55-58-61-64-70(73)76-67-68(66-75-69(72)63-60-57-54-51-21-18-15-12-9-6-3)77-71(74)65-62-59-56-53-50-48-46-44-42-39-33-31-29-27-25-23-20-17-14-11-8-5-2/h12,15,28,30,68H,4-11,13-14,16-27,29,31-67H2,1-3H3/b15-12-,30-28-. The quantitative estimate of drug-likeness (QED) is 0.0261. The van der Waals surface area contributed by atoms with Gasteiger partial charge in [0.2, 0.25) is 0 Å². The molecule has 0 aliphatic rings. The van der Waals surface area contributed by atoms with Crippen LogP contribution in [0.25, 0.3) is 0 Å². The van der Waals surface area contributed by atoms with Gasteiger partial charge < -0.3 is 14.2 Å². The summed E-state index contributed by atoms with van der Waals surface area (Å²) in [6.07, 6.45) is 80.8. The van der Waals surface area contributed by atoms with Gasteiger partial charge in [0.05, 0.1) is 0 Å². The van der Waals surface area contributed by atoms with Crippen molar-refractivity contribution in [3.8, 4) is 0 Å². The Morgan fingerprint density at radius 3 is 0.701 bits per heavy atom. The average Bonchev–Trinajstić information content (AvgIpc) is 3.43. The molecule has 6 heteroatoms. The fourth-order valence-electron chi connectivity index (χ4n) is 10.7. The molecular formula is C71H134O6. The molecule has 0 fully saturated rings. The summed E-state index contributed by atoms with van der Waals surface area (Å²) in [4.78, 5) is 38.3. The van der Waals surface area contributed by atoms with Crippen LogP contribution < -0.4 is 0 Å². The van der Waals surface area contributed by atoms with Gasteiger partial charge in [-0.3, -0.25) is 14.4 Å². The maximum absolute atomic E-state index is 12.9. The van der Waals surface area contributed by atoms with E-state index in [4.69, 9.17) is 14.2 Å². The second-order valence-corrected chi connectivity index (χ2v) is 23.8. The van der Waals surface area contributed by atoms with Gasteiger partial charge >= 0.3 is 17.9 Å². The fraction of sp³-hybridized carbons (Fsp3) is 0.901. The van der Waals surface area contributed by atoms with Crippen molar-refractivity contribution in [3.63, 3.8) is 0 Å². The molecule has 77 heavy (non-hydrogen) atoms. The highest BCUT2D eigenvalue weighted by Gasteiger charge is 2.19. The monoisotopic (exact) mass is 1080 g/mol. The Morgan fingerprint density at radius 2 is 0.455 bits per heavy atom. The molecule has 0 aliphatic carbocycles. The van der Waals surface area contributed by atoms with Crippen LogP contribution >= 0.6 is 0 Å². The lowest BCUT2D eigenvalue weighted by Gasteiger charge is -2.18. The smallest absolute Gasteiger partial charge is 0.306 e. The first kappa shape index (κ1) is 74.9. The highest BCUT2D eigenvalue weighted by molar-refractivity contribution is 5.71. The van der Waals surface area contributed by atoms with Crippen LogP contribution in [0.3, 0.4) is 0 Å². The second kappa shape index (κ2) is 66.4. The zero-order valence-electron chi connectivity index (χ0n) is 52.3. The zero-order chi connectivity index (χ0) is 55.7. The van der Waals surface area contributed by atoms with Crippen LogP contribution in [-0.4, -0.2) is 37.2 Å². The maximum atomic E-state index is 12.9. The number of carbonyl (C=O) groups is 3. The largest absolute Gasteiger partial charge is 0.462 e. The second-order valence-electron chi connectivity index (χ2n) is 23.8. The minimum Gasteiger partial charge on any atom is -0.462 e. The summed E-state index contributed by atoms with van der Waals surface area (Å²) in [6.45, 7) is 6.65. The van der Waals surface area contributed by atoms with Crippen molar-refractivity contribution in [2.24, 2.45) is 0 Å². The molecule has 0 amide bonds. The summed E-state index contributed by atoms with van der Waals surface area (Å²) in [5.74, 6) is -0.850. The Morgan fingerprint density at radius 1 is 0.247 bits per heavy atom. The van der Waals surface area contributed by atoms with Gasteiger partial charge in [-0.25, -0.2) is 0 Å². The summed E-state index contributed by atoms with van der Waals surface area (Å²) in [7, 11) is 0. The van der Waals surface area contributed by atoms with Crippen molar-refractivity contribution in [2.75, 3.05) is 13.2 Å². The third-order valence-electron chi connectivity index (χ3n) is 15.9. The van der Waals surface area contributed by atoms with Gasteiger partial charge in [-0.2, -0.15) is 0 Å². The molecular weight excluding hydrogens is 949 g/mol. The van der Waals surface area contributed by atoms with E-state index in [9.17, 15) is 14.4 Å². The van der Waals surface area contributed by atoms with Gasteiger partial charge in [0.15, 0.2) is 6.10 Å². The summed E-state index contributed by atoms with van der Waals surface area (Å²) >= 11 is 0. The molecule has 0 bridgehead atoms. The maximum Gasteiger partial charge on any atom is 0.306 e. The lowest BCUT2D eigenvalue weighted by atomic mass is 10.0. The molecule has 6 nitrogen and oxygen atoms in total. The highest BCUT2D eigenvalue weighted by atomic mass is 16.6. The minimum atomic E-state index is -0.771.